The Hall–Kier alpha value is -0.630. The normalized spacial score (nSPS) is 13.2. The van der Waals surface area contributed by atoms with Crippen LogP contribution in [0.1, 0.15) is 26.3 Å². The van der Waals surface area contributed by atoms with Crippen LogP contribution in [-0.4, -0.2) is 9.46 Å². The average Bonchev–Trinajstić information content (AvgIpc) is 2.17. The van der Waals surface area contributed by atoms with Crippen molar-refractivity contribution in [3.8, 4) is 0 Å². The molecule has 13 heavy (non-hydrogen) atoms. The van der Waals surface area contributed by atoms with E-state index in [4.69, 9.17) is 0 Å². The zero-order valence-electron chi connectivity index (χ0n) is 8.41. The fourth-order valence-electron chi connectivity index (χ4n) is 1.13. The van der Waals surface area contributed by atoms with Crippen LogP contribution in [0.3, 0.4) is 0 Å². The second-order valence-electron chi connectivity index (χ2n) is 3.34. The molecule has 1 nitrogen and oxygen atoms in total. The van der Waals surface area contributed by atoms with Gasteiger partial charge in [0.25, 0.3) is 0 Å². The van der Waals surface area contributed by atoms with Crippen LogP contribution >= 0.6 is 0 Å². The van der Waals surface area contributed by atoms with Crippen molar-refractivity contribution < 1.29 is 4.21 Å². The molecular formula is C11H16OS. The SMILES string of the molecule is CCc1ccc([S@](=O)C(C)C)cc1. The summed E-state index contributed by atoms with van der Waals surface area (Å²) in [5.41, 5.74) is 1.30. The fraction of sp³-hybridized carbons (Fsp3) is 0.455. The van der Waals surface area contributed by atoms with E-state index in [0.29, 0.717) is 0 Å². The summed E-state index contributed by atoms with van der Waals surface area (Å²) in [4.78, 5) is 0.937. The lowest BCUT2D eigenvalue weighted by molar-refractivity contribution is 0.676. The molecule has 1 atom stereocenters. The summed E-state index contributed by atoms with van der Waals surface area (Å²) in [6, 6.07) is 8.04. The van der Waals surface area contributed by atoms with Crippen LogP contribution in [0.25, 0.3) is 0 Å². The smallest absolute Gasteiger partial charge is 0.0555 e. The molecule has 1 aromatic rings. The first-order chi connectivity index (χ1) is 6.15. The molecule has 72 valence electrons. The minimum atomic E-state index is -0.845. The summed E-state index contributed by atoms with van der Waals surface area (Å²) in [7, 11) is -0.845. The molecule has 0 aliphatic carbocycles. The van der Waals surface area contributed by atoms with Gasteiger partial charge in [-0.1, -0.05) is 32.9 Å². The van der Waals surface area contributed by atoms with Crippen molar-refractivity contribution in [2.24, 2.45) is 0 Å². The molecule has 0 fully saturated rings. The molecule has 1 aromatic carbocycles. The lowest BCUT2D eigenvalue weighted by Crippen LogP contribution is -2.05. The van der Waals surface area contributed by atoms with Gasteiger partial charge in [-0.15, -0.1) is 0 Å². The minimum absolute atomic E-state index is 0.201. The Kier molecular flexibility index (Phi) is 3.67. The van der Waals surface area contributed by atoms with Gasteiger partial charge in [0.1, 0.15) is 0 Å². The molecule has 2 heteroatoms. The summed E-state index contributed by atoms with van der Waals surface area (Å²) in [5.74, 6) is 0. The summed E-state index contributed by atoms with van der Waals surface area (Å²) >= 11 is 0. The zero-order valence-corrected chi connectivity index (χ0v) is 9.23. The lowest BCUT2D eigenvalue weighted by atomic mass is 10.2. The summed E-state index contributed by atoms with van der Waals surface area (Å²) in [6.07, 6.45) is 1.04. The zero-order chi connectivity index (χ0) is 9.84. The van der Waals surface area contributed by atoms with Gasteiger partial charge < -0.3 is 0 Å². The highest BCUT2D eigenvalue weighted by molar-refractivity contribution is 7.85. The molecule has 1 rings (SSSR count). The third kappa shape index (κ3) is 2.66. The predicted octanol–water partition coefficient (Wildman–Crippen LogP) is 2.77. The molecule has 0 aliphatic rings. The number of hydrogen-bond acceptors (Lipinski definition) is 1. The Morgan fingerprint density at radius 2 is 1.77 bits per heavy atom. The van der Waals surface area contributed by atoms with Gasteiger partial charge in [0, 0.05) is 10.1 Å². The van der Waals surface area contributed by atoms with Crippen LogP contribution < -0.4 is 0 Å². The van der Waals surface area contributed by atoms with Crippen molar-refractivity contribution >= 4 is 10.8 Å². The highest BCUT2D eigenvalue weighted by atomic mass is 32.2. The molecule has 0 aliphatic heterocycles. The highest BCUT2D eigenvalue weighted by Gasteiger charge is 2.07. The topological polar surface area (TPSA) is 17.1 Å². The van der Waals surface area contributed by atoms with Crippen LogP contribution in [0.5, 0.6) is 0 Å². The number of rotatable bonds is 3. The number of benzene rings is 1. The van der Waals surface area contributed by atoms with E-state index < -0.39 is 10.8 Å². The predicted molar refractivity (Wildman–Crippen MR) is 57.4 cm³/mol. The van der Waals surface area contributed by atoms with Crippen molar-refractivity contribution in [3.05, 3.63) is 29.8 Å². The van der Waals surface area contributed by atoms with E-state index in [9.17, 15) is 4.21 Å². The molecule has 0 bridgehead atoms. The Labute approximate surface area is 82.6 Å². The molecule has 0 heterocycles. The monoisotopic (exact) mass is 196 g/mol. The second-order valence-corrected chi connectivity index (χ2v) is 5.35. The molecule has 0 spiro atoms. The summed E-state index contributed by atoms with van der Waals surface area (Å²) in [6.45, 7) is 6.07. The lowest BCUT2D eigenvalue weighted by Gasteiger charge is -2.05. The largest absolute Gasteiger partial charge is 0.254 e. The van der Waals surface area contributed by atoms with E-state index in [-0.39, 0.29) is 5.25 Å². The first-order valence-electron chi connectivity index (χ1n) is 4.64. The van der Waals surface area contributed by atoms with Gasteiger partial charge in [0.2, 0.25) is 0 Å². The molecule has 0 unspecified atom stereocenters. The van der Waals surface area contributed by atoms with E-state index in [1.54, 1.807) is 0 Å². The first kappa shape index (κ1) is 10.5. The first-order valence-corrected chi connectivity index (χ1v) is 5.86. The van der Waals surface area contributed by atoms with Gasteiger partial charge in [-0.3, -0.25) is 4.21 Å². The molecule has 0 aromatic heterocycles. The van der Waals surface area contributed by atoms with Gasteiger partial charge in [-0.05, 0) is 24.1 Å². The van der Waals surface area contributed by atoms with Gasteiger partial charge in [-0.2, -0.15) is 0 Å². The molecule has 0 N–H and O–H groups in total. The third-order valence-corrected chi connectivity index (χ3v) is 3.59. The van der Waals surface area contributed by atoms with Crippen molar-refractivity contribution in [2.45, 2.75) is 37.3 Å². The molecular weight excluding hydrogens is 180 g/mol. The van der Waals surface area contributed by atoms with Crippen molar-refractivity contribution in [1.82, 2.24) is 0 Å². The van der Waals surface area contributed by atoms with E-state index >= 15 is 0 Å². The van der Waals surface area contributed by atoms with E-state index in [2.05, 4.69) is 19.1 Å². The summed E-state index contributed by atoms with van der Waals surface area (Å²) < 4.78 is 11.7. The van der Waals surface area contributed by atoms with E-state index in [1.807, 2.05) is 26.0 Å². The van der Waals surface area contributed by atoms with Crippen LogP contribution in [0.4, 0.5) is 0 Å². The van der Waals surface area contributed by atoms with Gasteiger partial charge >= 0.3 is 0 Å². The van der Waals surface area contributed by atoms with Crippen molar-refractivity contribution in [1.29, 1.82) is 0 Å². The maximum atomic E-state index is 11.7. The van der Waals surface area contributed by atoms with Crippen LogP contribution in [0.2, 0.25) is 0 Å². The Bertz CT molecular complexity index is 287. The molecule has 0 radical (unpaired) electrons. The van der Waals surface area contributed by atoms with E-state index in [0.717, 1.165) is 11.3 Å². The van der Waals surface area contributed by atoms with Gasteiger partial charge in [0.15, 0.2) is 0 Å². The Morgan fingerprint density at radius 1 is 1.23 bits per heavy atom. The number of aryl methyl sites for hydroxylation is 1. The van der Waals surface area contributed by atoms with Crippen molar-refractivity contribution in [2.75, 3.05) is 0 Å². The second kappa shape index (κ2) is 4.56. The quantitative estimate of drug-likeness (QED) is 0.726. The standard InChI is InChI=1S/C11H16OS/c1-4-10-5-7-11(8-6-10)13(12)9(2)3/h5-9H,4H2,1-3H3/t13-/m1/s1. The molecule has 0 saturated carbocycles. The molecule has 0 amide bonds. The fourth-order valence-corrected chi connectivity index (χ4v) is 2.08. The Balaban J connectivity index is 2.86. The maximum absolute atomic E-state index is 11.7. The van der Waals surface area contributed by atoms with Crippen molar-refractivity contribution in [3.63, 3.8) is 0 Å². The highest BCUT2D eigenvalue weighted by Crippen LogP contribution is 2.12. The van der Waals surface area contributed by atoms with Crippen LogP contribution in [-0.2, 0) is 17.2 Å². The maximum Gasteiger partial charge on any atom is 0.0555 e. The van der Waals surface area contributed by atoms with Gasteiger partial charge in [-0.25, -0.2) is 0 Å². The number of hydrogen-bond donors (Lipinski definition) is 0. The summed E-state index contributed by atoms with van der Waals surface area (Å²) in [5, 5.41) is 0.201. The van der Waals surface area contributed by atoms with E-state index in [1.165, 1.54) is 5.56 Å². The van der Waals surface area contributed by atoms with Crippen LogP contribution in [0, 0.1) is 0 Å². The average molecular weight is 196 g/mol. The third-order valence-electron chi connectivity index (χ3n) is 1.99. The molecule has 0 saturated heterocycles. The Morgan fingerprint density at radius 3 is 2.15 bits per heavy atom. The minimum Gasteiger partial charge on any atom is -0.254 e. The van der Waals surface area contributed by atoms with Crippen LogP contribution in [0.15, 0.2) is 29.2 Å². The van der Waals surface area contributed by atoms with Gasteiger partial charge in [0.05, 0.1) is 10.8 Å².